The lowest BCUT2D eigenvalue weighted by atomic mass is 9.87. The number of carbonyl (C=O) groups excluding carboxylic acids is 1. The van der Waals surface area contributed by atoms with Crippen LogP contribution in [0.5, 0.6) is 0 Å². The van der Waals surface area contributed by atoms with E-state index in [2.05, 4.69) is 5.32 Å². The molecule has 21 heavy (non-hydrogen) atoms. The predicted molar refractivity (Wildman–Crippen MR) is 83.8 cm³/mol. The average molecular weight is 312 g/mol. The van der Waals surface area contributed by atoms with E-state index in [0.29, 0.717) is 17.0 Å². The number of benzene rings is 1. The van der Waals surface area contributed by atoms with Crippen LogP contribution in [0.15, 0.2) is 18.2 Å². The first kappa shape index (κ1) is 17.5. The fourth-order valence-electron chi connectivity index (χ4n) is 2.21. The van der Waals surface area contributed by atoms with Crippen LogP contribution in [0.4, 0.5) is 0 Å². The monoisotopic (exact) mass is 311 g/mol. The lowest BCUT2D eigenvalue weighted by Gasteiger charge is -2.26. The van der Waals surface area contributed by atoms with Crippen LogP contribution < -0.4 is 5.32 Å². The summed E-state index contributed by atoms with van der Waals surface area (Å²) >= 11 is 6.13. The van der Waals surface area contributed by atoms with Gasteiger partial charge < -0.3 is 10.4 Å². The van der Waals surface area contributed by atoms with Gasteiger partial charge in [-0.05, 0) is 30.4 Å². The molecule has 0 fully saturated rings. The highest BCUT2D eigenvalue weighted by molar-refractivity contribution is 6.34. The number of aryl methyl sites for hydroxylation is 1. The third-order valence-electron chi connectivity index (χ3n) is 3.05. The van der Waals surface area contributed by atoms with Crippen LogP contribution in [0.3, 0.4) is 0 Å². The van der Waals surface area contributed by atoms with Crippen molar-refractivity contribution in [2.45, 2.75) is 46.6 Å². The van der Waals surface area contributed by atoms with E-state index in [1.165, 1.54) is 0 Å². The van der Waals surface area contributed by atoms with Crippen LogP contribution in [0, 0.1) is 12.3 Å². The number of nitrogens with one attached hydrogen (secondary N) is 1. The van der Waals surface area contributed by atoms with Gasteiger partial charge in [-0.2, -0.15) is 0 Å². The molecule has 1 amide bonds. The Hall–Kier alpha value is -1.55. The van der Waals surface area contributed by atoms with Crippen LogP contribution in [0.2, 0.25) is 5.02 Å². The zero-order valence-corrected chi connectivity index (χ0v) is 13.6. The van der Waals surface area contributed by atoms with E-state index in [-0.39, 0.29) is 17.7 Å². The number of amides is 1. The van der Waals surface area contributed by atoms with Crippen LogP contribution in [0.25, 0.3) is 0 Å². The fraction of sp³-hybridized carbons (Fsp3) is 0.500. The van der Waals surface area contributed by atoms with Crippen molar-refractivity contribution in [1.82, 2.24) is 5.32 Å². The zero-order valence-electron chi connectivity index (χ0n) is 12.9. The molecule has 0 aliphatic heterocycles. The van der Waals surface area contributed by atoms with Crippen molar-refractivity contribution >= 4 is 23.5 Å². The van der Waals surface area contributed by atoms with Crippen molar-refractivity contribution in [2.75, 3.05) is 0 Å². The van der Waals surface area contributed by atoms with Crippen LogP contribution >= 0.6 is 11.6 Å². The van der Waals surface area contributed by atoms with Gasteiger partial charge in [-0.25, -0.2) is 0 Å². The molecular formula is C16H22ClNO3. The second-order valence-electron chi connectivity index (χ2n) is 6.47. The molecule has 0 radical (unpaired) electrons. The second kappa shape index (κ2) is 6.94. The highest BCUT2D eigenvalue weighted by atomic mass is 35.5. The summed E-state index contributed by atoms with van der Waals surface area (Å²) in [6.45, 7) is 7.85. The first-order chi connectivity index (χ1) is 9.60. The van der Waals surface area contributed by atoms with Crippen molar-refractivity contribution < 1.29 is 14.7 Å². The van der Waals surface area contributed by atoms with Gasteiger partial charge in [0.1, 0.15) is 0 Å². The average Bonchev–Trinajstić information content (AvgIpc) is 2.29. The highest BCUT2D eigenvalue weighted by Crippen LogP contribution is 2.24. The molecule has 0 aliphatic rings. The van der Waals surface area contributed by atoms with Crippen LogP contribution in [-0.4, -0.2) is 23.0 Å². The van der Waals surface area contributed by atoms with Gasteiger partial charge in [-0.3, -0.25) is 9.59 Å². The normalized spacial score (nSPS) is 12.8. The lowest BCUT2D eigenvalue weighted by molar-refractivity contribution is -0.137. The standard InChI is InChI=1S/C16H22ClNO3/c1-10-6-5-7-12(14(10)17)15(21)18-11(8-13(19)20)9-16(2,3)4/h5-7,11H,8-9H2,1-4H3,(H,18,21)(H,19,20). The number of aliphatic carboxylic acids is 1. The summed E-state index contributed by atoms with van der Waals surface area (Å²) in [5.74, 6) is -1.26. The van der Waals surface area contributed by atoms with Crippen molar-refractivity contribution in [3.05, 3.63) is 34.3 Å². The van der Waals surface area contributed by atoms with E-state index in [1.807, 2.05) is 33.8 Å². The molecule has 1 unspecified atom stereocenters. The molecular weight excluding hydrogens is 290 g/mol. The topological polar surface area (TPSA) is 66.4 Å². The van der Waals surface area contributed by atoms with Gasteiger partial charge in [0.15, 0.2) is 0 Å². The number of halogens is 1. The Bertz CT molecular complexity index is 535. The summed E-state index contributed by atoms with van der Waals surface area (Å²) in [7, 11) is 0. The van der Waals surface area contributed by atoms with Crippen molar-refractivity contribution in [3.8, 4) is 0 Å². The summed E-state index contributed by atoms with van der Waals surface area (Å²) in [6, 6.07) is 4.79. The van der Waals surface area contributed by atoms with Gasteiger partial charge in [-0.15, -0.1) is 0 Å². The highest BCUT2D eigenvalue weighted by Gasteiger charge is 2.24. The van der Waals surface area contributed by atoms with Crippen molar-refractivity contribution in [2.24, 2.45) is 5.41 Å². The van der Waals surface area contributed by atoms with E-state index < -0.39 is 12.0 Å². The summed E-state index contributed by atoms with van der Waals surface area (Å²) in [5, 5.41) is 12.2. The number of hydrogen-bond acceptors (Lipinski definition) is 2. The maximum absolute atomic E-state index is 12.3. The van der Waals surface area contributed by atoms with E-state index in [9.17, 15) is 9.59 Å². The largest absolute Gasteiger partial charge is 0.481 e. The zero-order chi connectivity index (χ0) is 16.2. The molecule has 1 aromatic rings. The Kier molecular flexibility index (Phi) is 5.78. The van der Waals surface area contributed by atoms with Gasteiger partial charge in [0.25, 0.3) is 5.91 Å². The van der Waals surface area contributed by atoms with Gasteiger partial charge in [0, 0.05) is 6.04 Å². The van der Waals surface area contributed by atoms with E-state index in [0.717, 1.165) is 5.56 Å². The van der Waals surface area contributed by atoms with E-state index in [1.54, 1.807) is 12.1 Å². The minimum atomic E-state index is -0.931. The van der Waals surface area contributed by atoms with Crippen LogP contribution in [-0.2, 0) is 4.79 Å². The minimum Gasteiger partial charge on any atom is -0.481 e. The number of carboxylic acid groups (broad SMARTS) is 1. The molecule has 5 heteroatoms. The van der Waals surface area contributed by atoms with Gasteiger partial charge in [-0.1, -0.05) is 44.5 Å². The Balaban J connectivity index is 2.89. The molecule has 0 aliphatic carbocycles. The van der Waals surface area contributed by atoms with Crippen LogP contribution in [0.1, 0.15) is 49.5 Å². The molecule has 1 rings (SSSR count). The Morgan fingerprint density at radius 1 is 1.33 bits per heavy atom. The Morgan fingerprint density at radius 3 is 2.48 bits per heavy atom. The molecule has 0 spiro atoms. The van der Waals surface area contributed by atoms with Gasteiger partial charge >= 0.3 is 5.97 Å². The summed E-state index contributed by atoms with van der Waals surface area (Å²) in [6.07, 6.45) is 0.473. The number of rotatable bonds is 5. The first-order valence-electron chi connectivity index (χ1n) is 6.88. The number of carbonyl (C=O) groups is 2. The SMILES string of the molecule is Cc1cccc(C(=O)NC(CC(=O)O)CC(C)(C)C)c1Cl. The van der Waals surface area contributed by atoms with Gasteiger partial charge in [0.05, 0.1) is 17.0 Å². The molecule has 0 heterocycles. The van der Waals surface area contributed by atoms with Gasteiger partial charge in [0.2, 0.25) is 0 Å². The van der Waals surface area contributed by atoms with E-state index in [4.69, 9.17) is 16.7 Å². The molecule has 0 aromatic heterocycles. The maximum atomic E-state index is 12.3. The summed E-state index contributed by atoms with van der Waals surface area (Å²) in [5.41, 5.74) is 1.11. The molecule has 0 saturated heterocycles. The molecule has 0 saturated carbocycles. The van der Waals surface area contributed by atoms with Crippen molar-refractivity contribution in [1.29, 1.82) is 0 Å². The van der Waals surface area contributed by atoms with E-state index >= 15 is 0 Å². The minimum absolute atomic E-state index is 0.0796. The quantitative estimate of drug-likeness (QED) is 0.872. The maximum Gasteiger partial charge on any atom is 0.305 e. The third kappa shape index (κ3) is 5.76. The predicted octanol–water partition coefficient (Wildman–Crippen LogP) is 3.66. The molecule has 116 valence electrons. The smallest absolute Gasteiger partial charge is 0.305 e. The fourth-order valence-corrected chi connectivity index (χ4v) is 2.42. The molecule has 1 atom stereocenters. The van der Waals surface area contributed by atoms with Crippen molar-refractivity contribution in [3.63, 3.8) is 0 Å². The molecule has 1 aromatic carbocycles. The molecule has 2 N–H and O–H groups in total. The number of hydrogen-bond donors (Lipinski definition) is 2. The third-order valence-corrected chi connectivity index (χ3v) is 3.55. The molecule has 0 bridgehead atoms. The second-order valence-corrected chi connectivity index (χ2v) is 6.85. The Morgan fingerprint density at radius 2 is 1.95 bits per heavy atom. The number of carboxylic acids is 1. The first-order valence-corrected chi connectivity index (χ1v) is 7.26. The Labute approximate surface area is 130 Å². The summed E-state index contributed by atoms with van der Waals surface area (Å²) in [4.78, 5) is 23.3. The lowest BCUT2D eigenvalue weighted by Crippen LogP contribution is -2.39. The summed E-state index contributed by atoms with van der Waals surface area (Å²) < 4.78 is 0. The molecule has 4 nitrogen and oxygen atoms in total.